The van der Waals surface area contributed by atoms with Crippen molar-refractivity contribution < 1.29 is 4.79 Å². The van der Waals surface area contributed by atoms with Gasteiger partial charge in [-0.05, 0) is 18.9 Å². The maximum absolute atomic E-state index is 11.8. The molecule has 0 spiro atoms. The highest BCUT2D eigenvalue weighted by Crippen LogP contribution is 2.32. The van der Waals surface area contributed by atoms with Crippen LogP contribution in [0.2, 0.25) is 9.36 Å². The number of hydrogen-bond donors (Lipinski definition) is 0. The smallest absolute Gasteiger partial charge is 0.264 e. The van der Waals surface area contributed by atoms with Crippen LogP contribution in [0.15, 0.2) is 6.07 Å². The quantitative estimate of drug-likeness (QED) is 0.748. The van der Waals surface area contributed by atoms with Crippen LogP contribution in [0.25, 0.3) is 0 Å². The largest absolute Gasteiger partial charge is 0.338 e. The van der Waals surface area contributed by atoms with Crippen molar-refractivity contribution >= 4 is 40.4 Å². The second kappa shape index (κ2) is 4.09. The molecule has 1 aliphatic heterocycles. The molecular weight excluding hydrogens is 241 g/mol. The van der Waals surface area contributed by atoms with E-state index in [0.717, 1.165) is 25.9 Å². The van der Waals surface area contributed by atoms with E-state index in [9.17, 15) is 4.79 Å². The first-order valence-electron chi connectivity index (χ1n) is 4.42. The highest BCUT2D eigenvalue weighted by Gasteiger charge is 2.21. The third kappa shape index (κ3) is 1.90. The van der Waals surface area contributed by atoms with Gasteiger partial charge in [0.15, 0.2) is 0 Å². The van der Waals surface area contributed by atoms with Gasteiger partial charge in [0.25, 0.3) is 5.91 Å². The Kier molecular flexibility index (Phi) is 3.00. The van der Waals surface area contributed by atoms with Gasteiger partial charge in [-0.1, -0.05) is 23.2 Å². The molecule has 5 heteroatoms. The first-order chi connectivity index (χ1) is 6.68. The zero-order chi connectivity index (χ0) is 10.1. The molecule has 1 fully saturated rings. The van der Waals surface area contributed by atoms with Crippen molar-refractivity contribution in [1.29, 1.82) is 0 Å². The molecule has 1 amide bonds. The number of carbonyl (C=O) groups is 1. The van der Waals surface area contributed by atoms with Crippen molar-refractivity contribution in [1.82, 2.24) is 4.90 Å². The summed E-state index contributed by atoms with van der Waals surface area (Å²) in [6, 6.07) is 1.65. The van der Waals surface area contributed by atoms with Gasteiger partial charge in [-0.15, -0.1) is 11.3 Å². The number of hydrogen-bond acceptors (Lipinski definition) is 2. The van der Waals surface area contributed by atoms with Crippen molar-refractivity contribution in [2.24, 2.45) is 0 Å². The summed E-state index contributed by atoms with van der Waals surface area (Å²) in [6.07, 6.45) is 2.19. The molecule has 0 aliphatic carbocycles. The van der Waals surface area contributed by atoms with E-state index in [1.165, 1.54) is 11.3 Å². The van der Waals surface area contributed by atoms with Gasteiger partial charge >= 0.3 is 0 Å². The van der Waals surface area contributed by atoms with Crippen molar-refractivity contribution in [2.75, 3.05) is 13.1 Å². The van der Waals surface area contributed by atoms with Crippen LogP contribution >= 0.6 is 34.5 Å². The van der Waals surface area contributed by atoms with Crippen LogP contribution in [0, 0.1) is 0 Å². The Morgan fingerprint density at radius 3 is 2.50 bits per heavy atom. The van der Waals surface area contributed by atoms with Crippen LogP contribution in [0.4, 0.5) is 0 Å². The number of thiophene rings is 1. The molecule has 2 rings (SSSR count). The zero-order valence-electron chi connectivity index (χ0n) is 7.43. The lowest BCUT2D eigenvalue weighted by molar-refractivity contribution is 0.0797. The molecule has 0 aromatic carbocycles. The number of nitrogens with zero attached hydrogens (tertiary/aromatic N) is 1. The van der Waals surface area contributed by atoms with Gasteiger partial charge in [0.1, 0.15) is 4.34 Å². The summed E-state index contributed by atoms with van der Waals surface area (Å²) in [6.45, 7) is 1.71. The van der Waals surface area contributed by atoms with E-state index in [2.05, 4.69) is 0 Å². The minimum absolute atomic E-state index is 0.0568. The van der Waals surface area contributed by atoms with E-state index < -0.39 is 0 Å². The van der Waals surface area contributed by atoms with E-state index in [1.807, 2.05) is 4.90 Å². The Morgan fingerprint density at radius 1 is 1.36 bits per heavy atom. The number of carbonyl (C=O) groups excluding carboxylic acids is 1. The molecule has 1 aromatic rings. The molecule has 0 bridgehead atoms. The van der Waals surface area contributed by atoms with Crippen LogP contribution in [-0.2, 0) is 0 Å². The van der Waals surface area contributed by atoms with Crippen molar-refractivity contribution in [2.45, 2.75) is 12.8 Å². The Bertz CT molecular complexity index is 338. The average Bonchev–Trinajstić information content (AvgIpc) is 2.76. The van der Waals surface area contributed by atoms with Crippen molar-refractivity contribution in [3.63, 3.8) is 0 Å². The molecule has 0 atom stereocenters. The van der Waals surface area contributed by atoms with Gasteiger partial charge in [-0.3, -0.25) is 4.79 Å². The first-order valence-corrected chi connectivity index (χ1v) is 6.00. The third-order valence-electron chi connectivity index (χ3n) is 2.25. The fourth-order valence-electron chi connectivity index (χ4n) is 1.53. The highest BCUT2D eigenvalue weighted by molar-refractivity contribution is 7.18. The molecule has 0 N–H and O–H groups in total. The Hall–Kier alpha value is -0.250. The van der Waals surface area contributed by atoms with Gasteiger partial charge in [-0.25, -0.2) is 0 Å². The summed E-state index contributed by atoms with van der Waals surface area (Å²) >= 11 is 12.8. The van der Waals surface area contributed by atoms with E-state index >= 15 is 0 Å². The SMILES string of the molecule is O=C(c1cc(Cl)c(Cl)s1)N1CCCC1. The van der Waals surface area contributed by atoms with Crippen LogP contribution in [0.5, 0.6) is 0 Å². The monoisotopic (exact) mass is 249 g/mol. The molecule has 1 aromatic heterocycles. The summed E-state index contributed by atoms with van der Waals surface area (Å²) in [5.41, 5.74) is 0. The lowest BCUT2D eigenvalue weighted by Gasteiger charge is -2.13. The maximum Gasteiger partial charge on any atom is 0.264 e. The fraction of sp³-hybridized carbons (Fsp3) is 0.444. The lowest BCUT2D eigenvalue weighted by Crippen LogP contribution is -2.26. The van der Waals surface area contributed by atoms with Crippen LogP contribution in [0.3, 0.4) is 0 Å². The summed E-state index contributed by atoms with van der Waals surface area (Å²) in [5, 5.41) is 0.471. The molecule has 0 unspecified atom stereocenters. The summed E-state index contributed by atoms with van der Waals surface area (Å²) in [4.78, 5) is 14.3. The fourth-order valence-corrected chi connectivity index (χ4v) is 2.86. The predicted molar refractivity (Wildman–Crippen MR) is 59.5 cm³/mol. The maximum atomic E-state index is 11.8. The lowest BCUT2D eigenvalue weighted by atomic mass is 10.4. The summed E-state index contributed by atoms with van der Waals surface area (Å²) in [7, 11) is 0. The molecule has 2 nitrogen and oxygen atoms in total. The second-order valence-electron chi connectivity index (χ2n) is 3.23. The number of amides is 1. The highest BCUT2D eigenvalue weighted by atomic mass is 35.5. The standard InChI is InChI=1S/C9H9Cl2NOS/c10-6-5-7(14-8(6)11)9(13)12-3-1-2-4-12/h5H,1-4H2. The molecule has 0 radical (unpaired) electrons. The van der Waals surface area contributed by atoms with E-state index in [1.54, 1.807) is 6.07 Å². The van der Waals surface area contributed by atoms with Gasteiger partial charge in [0.05, 0.1) is 9.90 Å². The van der Waals surface area contributed by atoms with Crippen LogP contribution in [-0.4, -0.2) is 23.9 Å². The molecule has 14 heavy (non-hydrogen) atoms. The van der Waals surface area contributed by atoms with Crippen molar-refractivity contribution in [3.8, 4) is 0 Å². The Balaban J connectivity index is 2.18. The Labute approximate surface area is 96.4 Å². The summed E-state index contributed by atoms with van der Waals surface area (Å²) < 4.78 is 0.495. The van der Waals surface area contributed by atoms with Gasteiger partial charge in [-0.2, -0.15) is 0 Å². The molecule has 1 aliphatic rings. The molecular formula is C9H9Cl2NOS. The second-order valence-corrected chi connectivity index (χ2v) is 5.29. The average molecular weight is 250 g/mol. The number of likely N-dealkylation sites (tertiary alicyclic amines) is 1. The normalized spacial score (nSPS) is 16.3. The zero-order valence-corrected chi connectivity index (χ0v) is 9.75. The number of halogens is 2. The minimum atomic E-state index is 0.0568. The number of rotatable bonds is 1. The first kappa shape index (κ1) is 10.3. The molecule has 1 saturated heterocycles. The minimum Gasteiger partial charge on any atom is -0.338 e. The van der Waals surface area contributed by atoms with Gasteiger partial charge in [0.2, 0.25) is 0 Å². The van der Waals surface area contributed by atoms with E-state index in [0.29, 0.717) is 14.2 Å². The molecule has 2 heterocycles. The van der Waals surface area contributed by atoms with Crippen LogP contribution in [0.1, 0.15) is 22.5 Å². The van der Waals surface area contributed by atoms with E-state index in [-0.39, 0.29) is 5.91 Å². The molecule has 0 saturated carbocycles. The predicted octanol–water partition coefficient (Wildman–Crippen LogP) is 3.29. The van der Waals surface area contributed by atoms with Gasteiger partial charge < -0.3 is 4.90 Å². The summed E-state index contributed by atoms with van der Waals surface area (Å²) in [5.74, 6) is 0.0568. The van der Waals surface area contributed by atoms with E-state index in [4.69, 9.17) is 23.2 Å². The molecule has 76 valence electrons. The third-order valence-corrected chi connectivity index (χ3v) is 4.10. The topological polar surface area (TPSA) is 20.3 Å². The van der Waals surface area contributed by atoms with Crippen molar-refractivity contribution in [3.05, 3.63) is 20.3 Å². The van der Waals surface area contributed by atoms with Crippen LogP contribution < -0.4 is 0 Å². The van der Waals surface area contributed by atoms with Gasteiger partial charge in [0, 0.05) is 13.1 Å². The Morgan fingerprint density at radius 2 is 2.00 bits per heavy atom.